The molecule has 0 aromatic heterocycles. The molecule has 0 aliphatic carbocycles. The molecule has 0 unspecified atom stereocenters. The molecule has 0 aromatic carbocycles. The molecular weight excluding hydrogens is 224 g/mol. The van der Waals surface area contributed by atoms with Gasteiger partial charge >= 0.3 is 0 Å². The normalized spacial score (nSPS) is 18.0. The fourth-order valence-electron chi connectivity index (χ4n) is 0. The Morgan fingerprint density at radius 2 is 2.00 bits per heavy atom. The van der Waals surface area contributed by atoms with Crippen LogP contribution in [0.15, 0.2) is 0 Å². The first-order chi connectivity index (χ1) is 1.50. The summed E-state index contributed by atoms with van der Waals surface area (Å²) in [6.45, 7) is 2.62. The molecule has 1 fully saturated rings. The molecule has 2 heteroatoms. The molecule has 0 spiro atoms. The Hall–Kier alpha value is 0.648. The number of rotatable bonds is 0. The second kappa shape index (κ2) is 1.92. The zero-order valence-electron chi connectivity index (χ0n) is 2.10. The van der Waals surface area contributed by atoms with Crippen LogP contribution < -0.4 is 0 Å². The van der Waals surface area contributed by atoms with Gasteiger partial charge in [0.05, 0.1) is 0 Å². The summed E-state index contributed by atoms with van der Waals surface area (Å²) in [5.74, 6) is 0. The van der Waals surface area contributed by atoms with Crippen LogP contribution in [0.1, 0.15) is 0 Å². The molecule has 0 N–H and O–H groups in total. The van der Waals surface area contributed by atoms with Gasteiger partial charge in [-0.25, -0.2) is 0 Å². The third-order valence-electron chi connectivity index (χ3n) is 0.167. The smallest absolute Gasteiger partial charge is 0 e. The van der Waals surface area contributed by atoms with E-state index in [-0.39, 0.29) is 21.1 Å². The predicted molar refractivity (Wildman–Crippen MR) is 10.3 cm³/mol. The maximum Gasteiger partial charge on any atom is 0 e. The SMILES string of the molecule is [CH-]1CO1.[W]. The van der Waals surface area contributed by atoms with Gasteiger partial charge < -0.3 is 4.74 Å². The van der Waals surface area contributed by atoms with Crippen LogP contribution in [-0.4, -0.2) is 6.61 Å². The van der Waals surface area contributed by atoms with E-state index < -0.39 is 0 Å². The number of ether oxygens (including phenoxy) is 1. The maximum absolute atomic E-state index is 4.38. The molecule has 0 bridgehead atoms. The Bertz CT molecular complexity index is 10.8. The quantitative estimate of drug-likeness (QED) is 0.424. The fourth-order valence-corrected chi connectivity index (χ4v) is 0. The average molecular weight is 227 g/mol. The van der Waals surface area contributed by atoms with Gasteiger partial charge in [0.2, 0.25) is 0 Å². The van der Waals surface area contributed by atoms with Crippen molar-refractivity contribution in [3.63, 3.8) is 0 Å². The topological polar surface area (TPSA) is 12.5 Å². The van der Waals surface area contributed by atoms with E-state index in [1.807, 2.05) is 0 Å². The van der Waals surface area contributed by atoms with Gasteiger partial charge in [0.15, 0.2) is 0 Å². The van der Waals surface area contributed by atoms with E-state index in [9.17, 15) is 0 Å². The van der Waals surface area contributed by atoms with Crippen molar-refractivity contribution in [3.8, 4) is 0 Å². The van der Waals surface area contributed by atoms with Crippen molar-refractivity contribution in [2.24, 2.45) is 0 Å². The Labute approximate surface area is 39.6 Å². The molecule has 0 amide bonds. The molecule has 1 rings (SSSR count). The monoisotopic (exact) mass is 227 g/mol. The van der Waals surface area contributed by atoms with E-state index >= 15 is 0 Å². The standard InChI is InChI=1S/C2H3O.W/c1-2-3-1;/h1H,2H2;/q-1;. The summed E-state index contributed by atoms with van der Waals surface area (Å²) in [5.41, 5.74) is 0. The number of epoxide rings is 1. The Morgan fingerprint density at radius 3 is 2.00 bits per heavy atom. The first kappa shape index (κ1) is 4.65. The van der Waals surface area contributed by atoms with Gasteiger partial charge in [-0.2, -0.15) is 6.61 Å². The summed E-state index contributed by atoms with van der Waals surface area (Å²) in [7, 11) is 0. The van der Waals surface area contributed by atoms with Crippen LogP contribution in [-0.2, 0) is 25.8 Å². The molecule has 0 radical (unpaired) electrons. The van der Waals surface area contributed by atoms with Gasteiger partial charge in [0, 0.05) is 21.1 Å². The molecular formula is C2H3OW-. The molecule has 0 atom stereocenters. The molecule has 0 aromatic rings. The molecule has 24 valence electrons. The predicted octanol–water partition coefficient (Wildman–Crippen LogP) is 0.176. The Morgan fingerprint density at radius 1 is 1.75 bits per heavy atom. The van der Waals surface area contributed by atoms with E-state index in [0.717, 1.165) is 6.61 Å². The third-order valence-corrected chi connectivity index (χ3v) is 0.167. The van der Waals surface area contributed by atoms with Crippen LogP contribution in [0.5, 0.6) is 0 Å². The summed E-state index contributed by atoms with van der Waals surface area (Å²) >= 11 is 0. The Kier molecular flexibility index (Phi) is 2.23. The van der Waals surface area contributed by atoms with Crippen molar-refractivity contribution in [2.75, 3.05) is 6.61 Å². The van der Waals surface area contributed by atoms with E-state index in [0.29, 0.717) is 0 Å². The molecule has 1 nitrogen and oxygen atoms in total. The summed E-state index contributed by atoms with van der Waals surface area (Å²) in [5, 5.41) is 0. The maximum atomic E-state index is 4.38. The summed E-state index contributed by atoms with van der Waals surface area (Å²) < 4.78 is 4.38. The van der Waals surface area contributed by atoms with Crippen molar-refractivity contribution in [1.82, 2.24) is 0 Å². The molecule has 1 saturated heterocycles. The first-order valence-electron chi connectivity index (χ1n) is 0.933. The molecule has 1 aliphatic rings. The minimum Gasteiger partial charge on any atom is -0.574 e. The second-order valence-corrected chi connectivity index (χ2v) is 0.500. The second-order valence-electron chi connectivity index (χ2n) is 0.500. The van der Waals surface area contributed by atoms with E-state index in [4.69, 9.17) is 0 Å². The van der Waals surface area contributed by atoms with Gasteiger partial charge in [0.25, 0.3) is 0 Å². The minimum absolute atomic E-state index is 0. The zero-order valence-corrected chi connectivity index (χ0v) is 5.03. The van der Waals surface area contributed by atoms with E-state index in [1.54, 1.807) is 6.61 Å². The van der Waals surface area contributed by atoms with Crippen LogP contribution in [0.2, 0.25) is 0 Å². The average Bonchev–Trinajstić information content (AvgIpc) is 1.46. The minimum atomic E-state index is 0. The van der Waals surface area contributed by atoms with Gasteiger partial charge in [-0.1, -0.05) is 6.61 Å². The molecule has 1 heterocycles. The van der Waals surface area contributed by atoms with E-state index in [1.165, 1.54) is 0 Å². The van der Waals surface area contributed by atoms with Crippen LogP contribution in [0, 0.1) is 6.61 Å². The molecule has 4 heavy (non-hydrogen) atoms. The van der Waals surface area contributed by atoms with Crippen molar-refractivity contribution in [3.05, 3.63) is 6.61 Å². The number of hydrogen-bond donors (Lipinski definition) is 0. The number of hydrogen-bond acceptors (Lipinski definition) is 1. The van der Waals surface area contributed by atoms with E-state index in [2.05, 4.69) is 4.74 Å². The molecule has 0 saturated carbocycles. The summed E-state index contributed by atoms with van der Waals surface area (Å²) in [6, 6.07) is 0. The van der Waals surface area contributed by atoms with Gasteiger partial charge in [-0.05, 0) is 0 Å². The van der Waals surface area contributed by atoms with Crippen LogP contribution in [0.4, 0.5) is 0 Å². The van der Waals surface area contributed by atoms with Crippen molar-refractivity contribution in [2.45, 2.75) is 0 Å². The molecule has 1 aliphatic heterocycles. The van der Waals surface area contributed by atoms with Crippen molar-refractivity contribution in [1.29, 1.82) is 0 Å². The zero-order chi connectivity index (χ0) is 2.12. The summed E-state index contributed by atoms with van der Waals surface area (Å²) in [4.78, 5) is 0. The Balaban J connectivity index is 0.0000000900. The fraction of sp³-hybridized carbons (Fsp3) is 0.500. The summed E-state index contributed by atoms with van der Waals surface area (Å²) in [6.07, 6.45) is 0. The van der Waals surface area contributed by atoms with Crippen LogP contribution in [0.25, 0.3) is 0 Å². The van der Waals surface area contributed by atoms with Crippen LogP contribution >= 0.6 is 0 Å². The van der Waals surface area contributed by atoms with Gasteiger partial charge in [-0.15, -0.1) is 0 Å². The van der Waals surface area contributed by atoms with Crippen molar-refractivity contribution < 1.29 is 25.8 Å². The van der Waals surface area contributed by atoms with Gasteiger partial charge in [-0.3, -0.25) is 0 Å². The third kappa shape index (κ3) is 2.65. The first-order valence-corrected chi connectivity index (χ1v) is 0.933. The largest absolute Gasteiger partial charge is 0.574 e. The van der Waals surface area contributed by atoms with Gasteiger partial charge in [0.1, 0.15) is 0 Å². The van der Waals surface area contributed by atoms with Crippen LogP contribution in [0.3, 0.4) is 0 Å². The van der Waals surface area contributed by atoms with Crippen molar-refractivity contribution >= 4 is 0 Å².